The first-order valence-corrected chi connectivity index (χ1v) is 6.80. The molecule has 0 heterocycles. The van der Waals surface area contributed by atoms with E-state index in [2.05, 4.69) is 5.32 Å². The topological polar surface area (TPSA) is 55.4 Å². The minimum atomic E-state index is -0.505. The van der Waals surface area contributed by atoms with Gasteiger partial charge in [-0.15, -0.1) is 0 Å². The summed E-state index contributed by atoms with van der Waals surface area (Å²) in [6, 6.07) is 16.1. The molecule has 0 aliphatic heterocycles. The fourth-order valence-electron chi connectivity index (χ4n) is 1.93. The van der Waals surface area contributed by atoms with Crippen LogP contribution < -0.4 is 5.32 Å². The number of hydrogen-bond donors (Lipinski definition) is 1. The van der Waals surface area contributed by atoms with E-state index in [0.29, 0.717) is 5.56 Å². The zero-order valence-corrected chi connectivity index (χ0v) is 11.8. The van der Waals surface area contributed by atoms with Crippen molar-refractivity contribution in [3.8, 4) is 0 Å². The van der Waals surface area contributed by atoms with Gasteiger partial charge in [0.25, 0.3) is 5.91 Å². The normalized spacial score (nSPS) is 9.95. The number of benzene rings is 2. The molecule has 0 unspecified atom stereocenters. The van der Waals surface area contributed by atoms with Crippen LogP contribution in [-0.4, -0.2) is 18.5 Å². The molecular weight excluding hydrogens is 266 g/mol. The van der Waals surface area contributed by atoms with E-state index in [-0.39, 0.29) is 12.5 Å². The number of amides is 1. The summed E-state index contributed by atoms with van der Waals surface area (Å²) in [5.41, 5.74) is 2.22. The number of anilines is 1. The van der Waals surface area contributed by atoms with Gasteiger partial charge in [0.2, 0.25) is 0 Å². The Morgan fingerprint density at radius 3 is 2.38 bits per heavy atom. The van der Waals surface area contributed by atoms with Gasteiger partial charge in [0.1, 0.15) is 0 Å². The summed E-state index contributed by atoms with van der Waals surface area (Å²) in [7, 11) is 0. The predicted octanol–water partition coefficient (Wildman–Crippen LogP) is 3.04. The molecule has 0 bridgehead atoms. The molecule has 0 saturated carbocycles. The second-order valence-corrected chi connectivity index (χ2v) is 4.50. The maximum absolute atomic E-state index is 11.8. The molecule has 4 nitrogen and oxygen atoms in total. The maximum atomic E-state index is 11.8. The lowest BCUT2D eigenvalue weighted by molar-refractivity contribution is -0.119. The molecule has 0 aliphatic carbocycles. The van der Waals surface area contributed by atoms with Gasteiger partial charge in [-0.2, -0.15) is 0 Å². The molecule has 0 atom stereocenters. The van der Waals surface area contributed by atoms with Crippen molar-refractivity contribution in [3.63, 3.8) is 0 Å². The standard InChI is InChI=1S/C17H17NO3/c1-2-13-8-6-7-11-15(13)18-16(19)12-21-17(20)14-9-4-3-5-10-14/h3-11H,2,12H2,1H3,(H,18,19). The van der Waals surface area contributed by atoms with E-state index in [4.69, 9.17) is 4.74 Å². The largest absolute Gasteiger partial charge is 0.452 e. The first-order valence-electron chi connectivity index (χ1n) is 6.80. The highest BCUT2D eigenvalue weighted by Gasteiger charge is 2.10. The molecule has 0 fully saturated rings. The first kappa shape index (κ1) is 14.8. The van der Waals surface area contributed by atoms with Gasteiger partial charge >= 0.3 is 5.97 Å². The van der Waals surface area contributed by atoms with Crippen molar-refractivity contribution >= 4 is 17.6 Å². The van der Waals surface area contributed by atoms with Crippen molar-refractivity contribution in [1.82, 2.24) is 0 Å². The van der Waals surface area contributed by atoms with Gasteiger partial charge in [0.05, 0.1) is 5.56 Å². The fraction of sp³-hybridized carbons (Fsp3) is 0.176. The Bertz CT molecular complexity index is 623. The molecule has 2 aromatic carbocycles. The second kappa shape index (κ2) is 7.24. The Morgan fingerprint density at radius 2 is 1.67 bits per heavy atom. The van der Waals surface area contributed by atoms with E-state index in [0.717, 1.165) is 17.7 Å². The lowest BCUT2D eigenvalue weighted by atomic mass is 10.1. The summed E-state index contributed by atoms with van der Waals surface area (Å²) in [5, 5.41) is 2.75. The van der Waals surface area contributed by atoms with E-state index in [1.807, 2.05) is 37.3 Å². The molecule has 0 saturated heterocycles. The number of rotatable bonds is 5. The zero-order valence-electron chi connectivity index (χ0n) is 11.8. The highest BCUT2D eigenvalue weighted by atomic mass is 16.5. The van der Waals surface area contributed by atoms with Crippen LogP contribution in [-0.2, 0) is 16.0 Å². The molecule has 1 N–H and O–H groups in total. The van der Waals surface area contributed by atoms with Gasteiger partial charge in [-0.1, -0.05) is 43.3 Å². The molecule has 4 heteroatoms. The highest BCUT2D eigenvalue weighted by molar-refractivity contribution is 5.95. The van der Waals surface area contributed by atoms with Crippen LogP contribution in [0.3, 0.4) is 0 Å². The van der Waals surface area contributed by atoms with Crippen LogP contribution in [0.1, 0.15) is 22.8 Å². The summed E-state index contributed by atoms with van der Waals surface area (Å²) >= 11 is 0. The molecule has 0 radical (unpaired) electrons. The summed E-state index contributed by atoms with van der Waals surface area (Å²) < 4.78 is 4.98. The highest BCUT2D eigenvalue weighted by Crippen LogP contribution is 2.15. The number of para-hydroxylation sites is 1. The lowest BCUT2D eigenvalue weighted by Gasteiger charge is -2.10. The van der Waals surface area contributed by atoms with Crippen molar-refractivity contribution in [1.29, 1.82) is 0 Å². The SMILES string of the molecule is CCc1ccccc1NC(=O)COC(=O)c1ccccc1. The number of nitrogens with one attached hydrogen (secondary N) is 1. The third kappa shape index (κ3) is 4.18. The fourth-order valence-corrected chi connectivity index (χ4v) is 1.93. The number of aryl methyl sites for hydroxylation is 1. The third-order valence-electron chi connectivity index (χ3n) is 3.02. The van der Waals surface area contributed by atoms with Crippen molar-refractivity contribution in [2.75, 3.05) is 11.9 Å². The summed E-state index contributed by atoms with van der Waals surface area (Å²) in [5.74, 6) is -0.852. The number of carbonyl (C=O) groups excluding carboxylic acids is 2. The van der Waals surface area contributed by atoms with Gasteiger partial charge in [-0.25, -0.2) is 4.79 Å². The van der Waals surface area contributed by atoms with E-state index in [9.17, 15) is 9.59 Å². The average Bonchev–Trinajstić information content (AvgIpc) is 2.54. The average molecular weight is 283 g/mol. The molecule has 2 rings (SSSR count). The quantitative estimate of drug-likeness (QED) is 0.858. The Morgan fingerprint density at radius 1 is 1.00 bits per heavy atom. The maximum Gasteiger partial charge on any atom is 0.338 e. The van der Waals surface area contributed by atoms with Crippen LogP contribution in [0.2, 0.25) is 0 Å². The van der Waals surface area contributed by atoms with Gasteiger partial charge in [-0.05, 0) is 30.2 Å². The van der Waals surface area contributed by atoms with Gasteiger partial charge in [0.15, 0.2) is 6.61 Å². The van der Waals surface area contributed by atoms with Crippen LogP contribution in [0, 0.1) is 0 Å². The summed E-state index contributed by atoms with van der Waals surface area (Å²) in [6.07, 6.45) is 0.820. The lowest BCUT2D eigenvalue weighted by Crippen LogP contribution is -2.21. The van der Waals surface area contributed by atoms with Crippen molar-refractivity contribution in [3.05, 3.63) is 65.7 Å². The number of esters is 1. The van der Waals surface area contributed by atoms with Crippen LogP contribution in [0.4, 0.5) is 5.69 Å². The van der Waals surface area contributed by atoms with Crippen molar-refractivity contribution < 1.29 is 14.3 Å². The minimum Gasteiger partial charge on any atom is -0.452 e. The monoisotopic (exact) mass is 283 g/mol. The summed E-state index contributed by atoms with van der Waals surface area (Å²) in [4.78, 5) is 23.6. The zero-order chi connectivity index (χ0) is 15.1. The molecular formula is C17H17NO3. The molecule has 0 spiro atoms. The Balaban J connectivity index is 1.89. The Labute approximate surface area is 123 Å². The molecule has 108 valence electrons. The van der Waals surface area contributed by atoms with Gasteiger partial charge in [-0.3, -0.25) is 4.79 Å². The number of ether oxygens (including phenoxy) is 1. The van der Waals surface area contributed by atoms with E-state index < -0.39 is 5.97 Å². The van der Waals surface area contributed by atoms with Gasteiger partial charge in [0, 0.05) is 5.69 Å². The van der Waals surface area contributed by atoms with Crippen LogP contribution >= 0.6 is 0 Å². The molecule has 1 amide bonds. The number of hydrogen-bond acceptors (Lipinski definition) is 3. The van der Waals surface area contributed by atoms with E-state index in [1.165, 1.54) is 0 Å². The molecule has 21 heavy (non-hydrogen) atoms. The summed E-state index contributed by atoms with van der Waals surface area (Å²) in [6.45, 7) is 1.71. The van der Waals surface area contributed by atoms with Crippen molar-refractivity contribution in [2.45, 2.75) is 13.3 Å². The van der Waals surface area contributed by atoms with Gasteiger partial charge < -0.3 is 10.1 Å². The molecule has 2 aromatic rings. The smallest absolute Gasteiger partial charge is 0.338 e. The Kier molecular flexibility index (Phi) is 5.10. The van der Waals surface area contributed by atoms with E-state index >= 15 is 0 Å². The first-order chi connectivity index (χ1) is 10.2. The Hall–Kier alpha value is -2.62. The third-order valence-corrected chi connectivity index (χ3v) is 3.02. The van der Waals surface area contributed by atoms with Crippen molar-refractivity contribution in [2.24, 2.45) is 0 Å². The van der Waals surface area contributed by atoms with E-state index in [1.54, 1.807) is 24.3 Å². The number of carbonyl (C=O) groups is 2. The predicted molar refractivity (Wildman–Crippen MR) is 81.2 cm³/mol. The van der Waals surface area contributed by atoms with Crippen LogP contribution in [0.15, 0.2) is 54.6 Å². The molecule has 0 aliphatic rings. The van der Waals surface area contributed by atoms with Crippen LogP contribution in [0.5, 0.6) is 0 Å². The molecule has 0 aromatic heterocycles. The minimum absolute atomic E-state index is 0.300. The second-order valence-electron chi connectivity index (χ2n) is 4.50. The van der Waals surface area contributed by atoms with Crippen LogP contribution in [0.25, 0.3) is 0 Å².